The Bertz CT molecular complexity index is 160. The number of hydrogen-bond acceptors (Lipinski definition) is 1. The van der Waals surface area contributed by atoms with Crippen LogP contribution in [0.1, 0.15) is 19.8 Å². The highest BCUT2D eigenvalue weighted by Crippen LogP contribution is 2.48. The molecule has 0 saturated carbocycles. The molecule has 0 saturated heterocycles. The van der Waals surface area contributed by atoms with Gasteiger partial charge in [-0.25, -0.2) is 0 Å². The quantitative estimate of drug-likeness (QED) is 0.593. The Morgan fingerprint density at radius 2 is 1.38 bits per heavy atom. The zero-order valence-electron chi connectivity index (χ0n) is 6.63. The van der Waals surface area contributed by atoms with Crippen molar-refractivity contribution in [2.45, 2.75) is 36.1 Å². The Kier molecular flexibility index (Phi) is 3.86. The summed E-state index contributed by atoms with van der Waals surface area (Å²) in [6, 6.07) is 0. The molecule has 0 aromatic heterocycles. The largest absolute Gasteiger partial charge is 0.376 e. The van der Waals surface area contributed by atoms with Gasteiger partial charge in [0.2, 0.25) is 5.60 Å². The smallest absolute Gasteiger partial charge is 0.357 e. The van der Waals surface area contributed by atoms with Crippen LogP contribution < -0.4 is 0 Å². The third-order valence-electron chi connectivity index (χ3n) is 1.55. The van der Waals surface area contributed by atoms with Gasteiger partial charge in [-0.2, -0.15) is 17.6 Å². The maximum absolute atomic E-state index is 12.4. The van der Waals surface area contributed by atoms with Crippen molar-refractivity contribution in [2.75, 3.05) is 0 Å². The Morgan fingerprint density at radius 3 is 1.46 bits per heavy atom. The van der Waals surface area contributed by atoms with E-state index >= 15 is 0 Å². The molecule has 1 N–H and O–H groups in total. The number of halogens is 6. The Hall–Kier alpha value is 0.260. The lowest BCUT2D eigenvalue weighted by atomic mass is 9.99. The Labute approximate surface area is 82.6 Å². The molecule has 0 aromatic carbocycles. The van der Waals surface area contributed by atoms with Crippen LogP contribution in [0.25, 0.3) is 0 Å². The molecule has 80 valence electrons. The molecule has 0 spiro atoms. The van der Waals surface area contributed by atoms with Crippen LogP contribution in [0.2, 0.25) is 0 Å². The highest BCUT2D eigenvalue weighted by atomic mass is 35.5. The second kappa shape index (κ2) is 3.79. The van der Waals surface area contributed by atoms with Crippen LogP contribution >= 0.6 is 23.2 Å². The van der Waals surface area contributed by atoms with Crippen LogP contribution in [0.3, 0.4) is 0 Å². The predicted octanol–water partition coefficient (Wildman–Crippen LogP) is 3.18. The number of aliphatic hydroxyl groups is 1. The Morgan fingerprint density at radius 1 is 1.08 bits per heavy atom. The van der Waals surface area contributed by atoms with Crippen molar-refractivity contribution in [1.82, 2.24) is 0 Å². The van der Waals surface area contributed by atoms with E-state index < -0.39 is 22.8 Å². The van der Waals surface area contributed by atoms with Crippen molar-refractivity contribution in [3.63, 3.8) is 0 Å². The molecular weight excluding hydrogens is 235 g/mol. The van der Waals surface area contributed by atoms with E-state index in [0.29, 0.717) is 0 Å². The molecule has 1 nitrogen and oxygen atoms in total. The molecule has 13 heavy (non-hydrogen) atoms. The number of alkyl halides is 6. The van der Waals surface area contributed by atoms with Crippen molar-refractivity contribution in [3.8, 4) is 0 Å². The van der Waals surface area contributed by atoms with Crippen LogP contribution in [0.15, 0.2) is 0 Å². The molecule has 0 rings (SSSR count). The monoisotopic (exact) mass is 242 g/mol. The van der Waals surface area contributed by atoms with Gasteiger partial charge < -0.3 is 5.11 Å². The van der Waals surface area contributed by atoms with E-state index in [0.717, 1.165) is 0 Å². The summed E-state index contributed by atoms with van der Waals surface area (Å²) in [5, 5.41) is -0.00764. The third kappa shape index (κ3) is 2.60. The van der Waals surface area contributed by atoms with Crippen molar-refractivity contribution in [2.24, 2.45) is 0 Å². The van der Waals surface area contributed by atoms with Crippen molar-refractivity contribution in [1.29, 1.82) is 0 Å². The molecule has 0 fully saturated rings. The average molecular weight is 243 g/mol. The fourth-order valence-electron chi connectivity index (χ4n) is 0.806. The lowest BCUT2D eigenvalue weighted by molar-refractivity contribution is -0.220. The standard InChI is InChI=1S/C6H8Cl2F4O/c1-2-3-4(13,5(7,9)10)6(8,11)12/h13H,2-3H2,1H3. The normalized spacial score (nSPS) is 14.8. The molecule has 0 amide bonds. The van der Waals surface area contributed by atoms with Crippen molar-refractivity contribution in [3.05, 3.63) is 0 Å². The van der Waals surface area contributed by atoms with E-state index in [4.69, 9.17) is 5.11 Å². The molecule has 0 unspecified atom stereocenters. The highest BCUT2D eigenvalue weighted by Gasteiger charge is 2.65. The van der Waals surface area contributed by atoms with Gasteiger partial charge in [-0.05, 0) is 29.6 Å². The first-order chi connectivity index (χ1) is 5.56. The van der Waals surface area contributed by atoms with Crippen LogP contribution in [-0.2, 0) is 0 Å². The summed E-state index contributed by atoms with van der Waals surface area (Å²) in [6.07, 6.45) is -0.985. The van der Waals surface area contributed by atoms with Gasteiger partial charge in [0.1, 0.15) is 0 Å². The van der Waals surface area contributed by atoms with E-state index in [1.165, 1.54) is 6.92 Å². The lowest BCUT2D eigenvalue weighted by Crippen LogP contribution is -2.55. The first-order valence-electron chi connectivity index (χ1n) is 3.42. The minimum absolute atomic E-state index is 0.0961. The van der Waals surface area contributed by atoms with Gasteiger partial charge in [-0.1, -0.05) is 13.3 Å². The summed E-state index contributed by atoms with van der Waals surface area (Å²) >= 11 is 8.71. The molecule has 0 aliphatic rings. The summed E-state index contributed by atoms with van der Waals surface area (Å²) < 4.78 is 49.6. The summed E-state index contributed by atoms with van der Waals surface area (Å²) in [4.78, 5) is 0. The molecule has 0 aliphatic heterocycles. The minimum Gasteiger partial charge on any atom is -0.376 e. The highest BCUT2D eigenvalue weighted by molar-refractivity contribution is 6.26. The molecule has 0 bridgehead atoms. The average Bonchev–Trinajstić information content (AvgIpc) is 1.82. The minimum atomic E-state index is -4.46. The molecule has 0 atom stereocenters. The molecule has 0 radical (unpaired) electrons. The summed E-state index contributed by atoms with van der Waals surface area (Å²) in [5.74, 6) is 0. The number of rotatable bonds is 4. The topological polar surface area (TPSA) is 20.2 Å². The van der Waals surface area contributed by atoms with Gasteiger partial charge in [0.15, 0.2) is 0 Å². The van der Waals surface area contributed by atoms with Gasteiger partial charge in [-0.15, -0.1) is 0 Å². The first-order valence-corrected chi connectivity index (χ1v) is 4.17. The molecule has 0 aliphatic carbocycles. The van der Waals surface area contributed by atoms with Gasteiger partial charge >= 0.3 is 10.8 Å². The fourth-order valence-corrected chi connectivity index (χ4v) is 1.28. The van der Waals surface area contributed by atoms with Crippen molar-refractivity contribution < 1.29 is 22.7 Å². The van der Waals surface area contributed by atoms with Gasteiger partial charge in [0.25, 0.3) is 0 Å². The summed E-state index contributed by atoms with van der Waals surface area (Å²) in [6.45, 7) is 1.34. The first kappa shape index (κ1) is 13.3. The van der Waals surface area contributed by atoms with E-state index in [-0.39, 0.29) is 6.42 Å². The second-order valence-electron chi connectivity index (χ2n) is 2.61. The molecule has 7 heteroatoms. The van der Waals surface area contributed by atoms with E-state index in [1.807, 2.05) is 0 Å². The lowest BCUT2D eigenvalue weighted by Gasteiger charge is -2.34. The van der Waals surface area contributed by atoms with Crippen molar-refractivity contribution >= 4 is 23.2 Å². The van der Waals surface area contributed by atoms with Crippen LogP contribution in [0.5, 0.6) is 0 Å². The second-order valence-corrected chi connectivity index (χ2v) is 3.56. The van der Waals surface area contributed by atoms with Gasteiger partial charge in [0, 0.05) is 0 Å². The number of hydrogen-bond donors (Lipinski definition) is 1. The summed E-state index contributed by atoms with van der Waals surface area (Å²) in [5.41, 5.74) is -3.71. The van der Waals surface area contributed by atoms with E-state index in [2.05, 4.69) is 23.2 Å². The van der Waals surface area contributed by atoms with Crippen LogP contribution in [0.4, 0.5) is 17.6 Å². The zero-order valence-corrected chi connectivity index (χ0v) is 8.14. The van der Waals surface area contributed by atoms with E-state index in [1.54, 1.807) is 0 Å². The zero-order chi connectivity index (χ0) is 10.9. The third-order valence-corrected chi connectivity index (χ3v) is 2.17. The van der Waals surface area contributed by atoms with Gasteiger partial charge in [0.05, 0.1) is 0 Å². The van der Waals surface area contributed by atoms with Crippen LogP contribution in [-0.4, -0.2) is 21.5 Å². The fraction of sp³-hybridized carbons (Fsp3) is 1.00. The van der Waals surface area contributed by atoms with Crippen LogP contribution in [0, 0.1) is 0 Å². The molecule has 0 aromatic rings. The maximum atomic E-state index is 12.4. The molecular formula is C6H8Cl2F4O. The Balaban J connectivity index is 4.96. The molecule has 0 heterocycles. The van der Waals surface area contributed by atoms with Gasteiger partial charge in [-0.3, -0.25) is 0 Å². The predicted molar refractivity (Wildman–Crippen MR) is 41.5 cm³/mol. The summed E-state index contributed by atoms with van der Waals surface area (Å²) in [7, 11) is 0. The maximum Gasteiger partial charge on any atom is 0.357 e. The SMILES string of the molecule is CCCC(O)(C(F)(F)Cl)C(F)(F)Cl. The van der Waals surface area contributed by atoms with E-state index in [9.17, 15) is 17.6 Å².